The van der Waals surface area contributed by atoms with Crippen LogP contribution in [-0.4, -0.2) is 19.6 Å². The minimum Gasteiger partial charge on any atom is -0.390 e. The predicted octanol–water partition coefficient (Wildman–Crippen LogP) is -0.179. The first kappa shape index (κ1) is 7.67. The van der Waals surface area contributed by atoms with Crippen LogP contribution in [0.3, 0.4) is 0 Å². The molecule has 0 aliphatic rings. The summed E-state index contributed by atoms with van der Waals surface area (Å²) < 4.78 is 1.41. The average molecular weight is 157 g/mol. The van der Waals surface area contributed by atoms with E-state index in [1.807, 2.05) is 0 Å². The van der Waals surface area contributed by atoms with Crippen LogP contribution in [0.5, 0.6) is 0 Å². The molecule has 0 aliphatic carbocycles. The lowest BCUT2D eigenvalue weighted by atomic mass is 10.4. The number of aliphatic hydroxyl groups excluding tert-OH is 1. The molecule has 0 atom stereocenters. The first-order valence-corrected chi connectivity index (χ1v) is 2.92. The van der Waals surface area contributed by atoms with Crippen molar-refractivity contribution in [3.05, 3.63) is 22.1 Å². The maximum atomic E-state index is 10.2. The molecular weight excluding hydrogens is 150 g/mol. The Balaban J connectivity index is 3.15. The molecule has 1 aromatic rings. The Morgan fingerprint density at radius 1 is 1.91 bits per heavy atom. The van der Waals surface area contributed by atoms with Crippen LogP contribution in [0.1, 0.15) is 5.69 Å². The van der Waals surface area contributed by atoms with Crippen LogP contribution in [-0.2, 0) is 13.7 Å². The van der Waals surface area contributed by atoms with Gasteiger partial charge in [0, 0.05) is 7.05 Å². The molecule has 6 heteroatoms. The van der Waals surface area contributed by atoms with Gasteiger partial charge in [-0.1, -0.05) is 0 Å². The van der Waals surface area contributed by atoms with Crippen molar-refractivity contribution in [3.63, 3.8) is 0 Å². The van der Waals surface area contributed by atoms with Gasteiger partial charge in [-0.3, -0.25) is 0 Å². The van der Waals surface area contributed by atoms with Crippen LogP contribution in [0.25, 0.3) is 0 Å². The molecule has 1 rings (SSSR count). The Morgan fingerprint density at radius 2 is 2.55 bits per heavy atom. The van der Waals surface area contributed by atoms with Gasteiger partial charge >= 0.3 is 5.82 Å². The van der Waals surface area contributed by atoms with Crippen LogP contribution in [0, 0.1) is 10.1 Å². The molecule has 0 amide bonds. The highest BCUT2D eigenvalue weighted by atomic mass is 16.6. The topological polar surface area (TPSA) is 81.2 Å². The van der Waals surface area contributed by atoms with Crippen molar-refractivity contribution in [1.82, 2.24) is 9.55 Å². The van der Waals surface area contributed by atoms with E-state index < -0.39 is 4.92 Å². The van der Waals surface area contributed by atoms with Gasteiger partial charge in [-0.2, -0.15) is 0 Å². The number of nitro groups is 1. The van der Waals surface area contributed by atoms with Crippen molar-refractivity contribution in [3.8, 4) is 0 Å². The number of hydrogen-bond acceptors (Lipinski definition) is 4. The van der Waals surface area contributed by atoms with E-state index in [0.29, 0.717) is 0 Å². The standard InChI is InChI=1S/C5H7N3O3/c1-7-3-6-5(8(10)11)4(7)2-9/h3,9H,2H2,1H3. The highest BCUT2D eigenvalue weighted by Gasteiger charge is 2.17. The smallest absolute Gasteiger partial charge is 0.387 e. The van der Waals surface area contributed by atoms with Crippen molar-refractivity contribution in [2.24, 2.45) is 7.05 Å². The second-order valence-corrected chi connectivity index (χ2v) is 2.04. The lowest BCUT2D eigenvalue weighted by Gasteiger charge is -1.94. The largest absolute Gasteiger partial charge is 0.390 e. The zero-order valence-corrected chi connectivity index (χ0v) is 5.89. The lowest BCUT2D eigenvalue weighted by molar-refractivity contribution is -0.390. The predicted molar refractivity (Wildman–Crippen MR) is 35.8 cm³/mol. The second-order valence-electron chi connectivity index (χ2n) is 2.04. The van der Waals surface area contributed by atoms with Gasteiger partial charge in [0.15, 0.2) is 0 Å². The molecule has 0 spiro atoms. The van der Waals surface area contributed by atoms with Gasteiger partial charge in [0.1, 0.15) is 5.69 Å². The van der Waals surface area contributed by atoms with Gasteiger partial charge < -0.3 is 19.8 Å². The summed E-state index contributed by atoms with van der Waals surface area (Å²) in [4.78, 5) is 13.1. The summed E-state index contributed by atoms with van der Waals surface area (Å²) >= 11 is 0. The Bertz CT molecular complexity index is 281. The fourth-order valence-electron chi connectivity index (χ4n) is 0.778. The van der Waals surface area contributed by atoms with Crippen LogP contribution in [0.4, 0.5) is 5.82 Å². The van der Waals surface area contributed by atoms with Gasteiger partial charge in [0.05, 0.1) is 6.61 Å². The highest BCUT2D eigenvalue weighted by molar-refractivity contribution is 5.25. The van der Waals surface area contributed by atoms with E-state index >= 15 is 0 Å². The number of imidazole rings is 1. The van der Waals surface area contributed by atoms with Crippen LogP contribution < -0.4 is 0 Å². The number of hydrogen-bond donors (Lipinski definition) is 1. The van der Waals surface area contributed by atoms with Gasteiger partial charge in [0.2, 0.25) is 6.33 Å². The molecule has 0 aliphatic heterocycles. The van der Waals surface area contributed by atoms with Crippen molar-refractivity contribution in [2.45, 2.75) is 6.61 Å². The molecule has 60 valence electrons. The third-order valence-electron chi connectivity index (χ3n) is 1.36. The van der Waals surface area contributed by atoms with E-state index in [0.717, 1.165) is 0 Å². The van der Waals surface area contributed by atoms with Gasteiger partial charge in [0.25, 0.3) is 0 Å². The van der Waals surface area contributed by atoms with Crippen LogP contribution >= 0.6 is 0 Å². The van der Waals surface area contributed by atoms with Crippen molar-refractivity contribution in [1.29, 1.82) is 0 Å². The van der Waals surface area contributed by atoms with Gasteiger partial charge in [-0.15, -0.1) is 0 Å². The van der Waals surface area contributed by atoms with E-state index in [-0.39, 0.29) is 18.1 Å². The fourth-order valence-corrected chi connectivity index (χ4v) is 0.778. The number of rotatable bonds is 2. The zero-order chi connectivity index (χ0) is 8.43. The first-order chi connectivity index (χ1) is 5.16. The molecule has 1 heterocycles. The molecule has 0 saturated heterocycles. The molecule has 1 N–H and O–H groups in total. The molecule has 0 unspecified atom stereocenters. The van der Waals surface area contributed by atoms with Crippen LogP contribution in [0.2, 0.25) is 0 Å². The molecule has 0 saturated carbocycles. The number of aliphatic hydroxyl groups is 1. The Labute approximate surface area is 62.2 Å². The first-order valence-electron chi connectivity index (χ1n) is 2.92. The molecular formula is C5H7N3O3. The van der Waals surface area contributed by atoms with E-state index in [4.69, 9.17) is 5.11 Å². The molecule has 6 nitrogen and oxygen atoms in total. The molecule has 0 aromatic carbocycles. The maximum Gasteiger partial charge on any atom is 0.387 e. The third-order valence-corrected chi connectivity index (χ3v) is 1.36. The summed E-state index contributed by atoms with van der Waals surface area (Å²) in [7, 11) is 1.59. The number of aryl methyl sites for hydroxylation is 1. The summed E-state index contributed by atoms with van der Waals surface area (Å²) in [6.07, 6.45) is 1.30. The highest BCUT2D eigenvalue weighted by Crippen LogP contribution is 2.13. The summed E-state index contributed by atoms with van der Waals surface area (Å²) in [5.74, 6) is -0.282. The monoisotopic (exact) mass is 157 g/mol. The molecule has 0 bridgehead atoms. The fraction of sp³-hybridized carbons (Fsp3) is 0.400. The Morgan fingerprint density at radius 3 is 2.91 bits per heavy atom. The molecule has 0 radical (unpaired) electrons. The second kappa shape index (κ2) is 2.67. The summed E-state index contributed by atoms with van der Waals surface area (Å²) in [5.41, 5.74) is 0.218. The van der Waals surface area contributed by atoms with E-state index in [2.05, 4.69) is 4.98 Å². The SMILES string of the molecule is Cn1cnc([N+](=O)[O-])c1CO. The summed E-state index contributed by atoms with van der Waals surface area (Å²) in [6.45, 7) is -0.368. The van der Waals surface area contributed by atoms with Crippen molar-refractivity contribution in [2.75, 3.05) is 0 Å². The number of nitrogens with zero attached hydrogens (tertiary/aromatic N) is 3. The Hall–Kier alpha value is -1.43. The minimum absolute atomic E-state index is 0.218. The Kier molecular flexibility index (Phi) is 1.86. The van der Waals surface area contributed by atoms with E-state index in [1.54, 1.807) is 7.05 Å². The molecule has 1 aromatic heterocycles. The van der Waals surface area contributed by atoms with Crippen molar-refractivity contribution >= 4 is 5.82 Å². The molecule has 11 heavy (non-hydrogen) atoms. The quantitative estimate of drug-likeness (QED) is 0.477. The van der Waals surface area contributed by atoms with Crippen molar-refractivity contribution < 1.29 is 10.0 Å². The van der Waals surface area contributed by atoms with Gasteiger partial charge in [-0.05, 0) is 9.91 Å². The van der Waals surface area contributed by atoms with E-state index in [9.17, 15) is 10.1 Å². The minimum atomic E-state index is -0.619. The molecule has 0 fully saturated rings. The zero-order valence-electron chi connectivity index (χ0n) is 5.89. The number of aromatic nitrogens is 2. The van der Waals surface area contributed by atoms with E-state index in [1.165, 1.54) is 10.9 Å². The normalized spacial score (nSPS) is 10.0. The van der Waals surface area contributed by atoms with Crippen LogP contribution in [0.15, 0.2) is 6.33 Å². The van der Waals surface area contributed by atoms with Gasteiger partial charge in [-0.25, -0.2) is 0 Å². The third kappa shape index (κ3) is 1.20. The summed E-state index contributed by atoms with van der Waals surface area (Å²) in [6, 6.07) is 0. The average Bonchev–Trinajstić information content (AvgIpc) is 2.30. The maximum absolute atomic E-state index is 10.2. The summed E-state index contributed by atoms with van der Waals surface area (Å²) in [5, 5.41) is 18.9. The lowest BCUT2D eigenvalue weighted by Crippen LogP contribution is -1.98.